The highest BCUT2D eigenvalue weighted by atomic mass is 14.9. The second-order valence-corrected chi connectivity index (χ2v) is 14.5. The third-order valence-corrected chi connectivity index (χ3v) is 11.5. The lowest BCUT2D eigenvalue weighted by atomic mass is 9.70. The van der Waals surface area contributed by atoms with E-state index in [9.17, 15) is 0 Å². The number of hydrogen-bond donors (Lipinski definition) is 0. The molecule has 2 nitrogen and oxygen atoms in total. The van der Waals surface area contributed by atoms with E-state index < -0.39 is 0 Å². The van der Waals surface area contributed by atoms with Crippen molar-refractivity contribution in [2.24, 2.45) is 0 Å². The van der Waals surface area contributed by atoms with Gasteiger partial charge in [-0.2, -0.15) is 0 Å². The Hall–Kier alpha value is -7.16. The van der Waals surface area contributed by atoms with Gasteiger partial charge in [0, 0.05) is 16.7 Å². The highest BCUT2D eigenvalue weighted by Gasteiger charge is 2.51. The number of hydrogen-bond acceptors (Lipinski definition) is 2. The molecule has 1 aromatic heterocycles. The smallest absolute Gasteiger partial charge is 0.160 e. The Kier molecular flexibility index (Phi) is 8.53. The average Bonchev–Trinajstić information content (AvgIpc) is 3.77. The number of fused-ring (bicyclic) bond motifs is 10. The average molecular weight is 729 g/mol. The molecular formula is C55H40N2. The quantitative estimate of drug-likeness (QED) is 0.176. The standard InChI is InChI=1S/C53H34N2.C2H6/c1-3-15-35(16-4-1)50-34-51(36-17-5-2-6-18-36)55-52(54-50)41-22-14-21-39(32-41)37-19-13-20-38(31-37)40-29-30-49-45(33-40)44-25-9-12-28-48(44)53(49)46-26-10-7-23-42(46)43-24-8-11-27-47(43)53;1-2/h1-34H;1-2H3. The van der Waals surface area contributed by atoms with Gasteiger partial charge >= 0.3 is 0 Å². The highest BCUT2D eigenvalue weighted by molar-refractivity contribution is 5.96. The molecule has 0 saturated heterocycles. The van der Waals surface area contributed by atoms with Crippen molar-refractivity contribution in [3.63, 3.8) is 0 Å². The van der Waals surface area contributed by atoms with Crippen LogP contribution in [0.2, 0.25) is 0 Å². The minimum atomic E-state index is -0.333. The summed E-state index contributed by atoms with van der Waals surface area (Å²) in [7, 11) is 0. The van der Waals surface area contributed by atoms with Crippen molar-refractivity contribution in [3.8, 4) is 78.4 Å². The summed E-state index contributed by atoms with van der Waals surface area (Å²) in [5.41, 5.74) is 20.0. The Bertz CT molecular complexity index is 2820. The predicted molar refractivity (Wildman–Crippen MR) is 237 cm³/mol. The van der Waals surface area contributed by atoms with Gasteiger partial charge in [0.2, 0.25) is 0 Å². The number of aromatic nitrogens is 2. The molecule has 0 saturated carbocycles. The van der Waals surface area contributed by atoms with Crippen LogP contribution in [0, 0.1) is 0 Å². The van der Waals surface area contributed by atoms with Crippen molar-refractivity contribution >= 4 is 0 Å². The summed E-state index contributed by atoms with van der Waals surface area (Å²) in [5, 5.41) is 0. The zero-order valence-electron chi connectivity index (χ0n) is 32.0. The van der Waals surface area contributed by atoms with Gasteiger partial charge < -0.3 is 0 Å². The van der Waals surface area contributed by atoms with Crippen molar-refractivity contribution in [2.45, 2.75) is 19.3 Å². The Morgan fingerprint density at radius 2 is 0.649 bits per heavy atom. The molecule has 0 atom stereocenters. The molecule has 0 amide bonds. The van der Waals surface area contributed by atoms with Crippen molar-refractivity contribution in [1.29, 1.82) is 0 Å². The minimum absolute atomic E-state index is 0.333. The first-order valence-corrected chi connectivity index (χ1v) is 19.9. The first-order chi connectivity index (χ1) is 28.3. The first kappa shape index (κ1) is 34.3. The third kappa shape index (κ3) is 5.56. The summed E-state index contributed by atoms with van der Waals surface area (Å²) in [4.78, 5) is 10.2. The van der Waals surface area contributed by atoms with Crippen LogP contribution in [-0.2, 0) is 5.41 Å². The molecule has 1 spiro atoms. The van der Waals surface area contributed by atoms with E-state index in [0.29, 0.717) is 5.82 Å². The monoisotopic (exact) mass is 728 g/mol. The molecule has 9 aromatic rings. The summed E-state index contributed by atoms with van der Waals surface area (Å²) in [6, 6.07) is 74.4. The second-order valence-electron chi connectivity index (χ2n) is 14.5. The lowest BCUT2D eigenvalue weighted by Crippen LogP contribution is -2.25. The van der Waals surface area contributed by atoms with Crippen molar-refractivity contribution in [1.82, 2.24) is 9.97 Å². The molecule has 2 aliphatic rings. The van der Waals surface area contributed by atoms with Crippen LogP contribution in [0.15, 0.2) is 206 Å². The molecule has 11 rings (SSSR count). The maximum atomic E-state index is 5.10. The van der Waals surface area contributed by atoms with Crippen LogP contribution in [0.3, 0.4) is 0 Å². The van der Waals surface area contributed by atoms with E-state index in [0.717, 1.165) is 39.2 Å². The van der Waals surface area contributed by atoms with Crippen LogP contribution in [0.1, 0.15) is 36.1 Å². The molecule has 2 heteroatoms. The molecule has 1 heterocycles. The summed E-state index contributed by atoms with van der Waals surface area (Å²) in [6.45, 7) is 4.00. The normalized spacial score (nSPS) is 12.5. The Balaban J connectivity index is 0.00000195. The van der Waals surface area contributed by atoms with Crippen LogP contribution in [0.4, 0.5) is 0 Å². The van der Waals surface area contributed by atoms with Crippen LogP contribution in [0.5, 0.6) is 0 Å². The van der Waals surface area contributed by atoms with Crippen LogP contribution < -0.4 is 0 Å². The number of benzene rings is 8. The fourth-order valence-corrected chi connectivity index (χ4v) is 9.09. The van der Waals surface area contributed by atoms with Gasteiger partial charge in [0.15, 0.2) is 5.82 Å². The summed E-state index contributed by atoms with van der Waals surface area (Å²) in [5.74, 6) is 0.708. The zero-order chi connectivity index (χ0) is 38.3. The molecule has 0 N–H and O–H groups in total. The van der Waals surface area contributed by atoms with Crippen molar-refractivity contribution in [3.05, 3.63) is 229 Å². The van der Waals surface area contributed by atoms with Crippen LogP contribution in [0.25, 0.3) is 78.4 Å². The van der Waals surface area contributed by atoms with Gasteiger partial charge in [0.25, 0.3) is 0 Å². The summed E-state index contributed by atoms with van der Waals surface area (Å²) < 4.78 is 0. The minimum Gasteiger partial charge on any atom is -0.228 e. The molecule has 57 heavy (non-hydrogen) atoms. The molecule has 0 fully saturated rings. The van der Waals surface area contributed by atoms with Crippen molar-refractivity contribution < 1.29 is 0 Å². The molecule has 0 unspecified atom stereocenters. The molecular weight excluding hydrogens is 689 g/mol. The number of nitrogens with zero attached hydrogens (tertiary/aromatic N) is 2. The molecule has 270 valence electrons. The topological polar surface area (TPSA) is 25.8 Å². The fourth-order valence-electron chi connectivity index (χ4n) is 9.09. The second kappa shape index (κ2) is 14.2. The van der Waals surface area contributed by atoms with E-state index in [1.807, 2.05) is 26.0 Å². The Morgan fingerprint density at radius 3 is 1.16 bits per heavy atom. The predicted octanol–water partition coefficient (Wildman–Crippen LogP) is 14.2. The molecule has 0 aliphatic heterocycles. The van der Waals surface area contributed by atoms with Gasteiger partial charge in [-0.1, -0.05) is 196 Å². The lowest BCUT2D eigenvalue weighted by Gasteiger charge is -2.30. The van der Waals surface area contributed by atoms with E-state index in [2.05, 4.69) is 194 Å². The van der Waals surface area contributed by atoms with E-state index in [1.165, 1.54) is 55.6 Å². The van der Waals surface area contributed by atoms with Gasteiger partial charge in [0.1, 0.15) is 0 Å². The zero-order valence-corrected chi connectivity index (χ0v) is 32.0. The molecule has 0 radical (unpaired) electrons. The van der Waals surface area contributed by atoms with E-state index >= 15 is 0 Å². The Morgan fingerprint density at radius 1 is 0.281 bits per heavy atom. The van der Waals surface area contributed by atoms with E-state index in [1.54, 1.807) is 0 Å². The molecule has 0 bridgehead atoms. The fraction of sp³-hybridized carbons (Fsp3) is 0.0545. The first-order valence-electron chi connectivity index (χ1n) is 19.9. The van der Waals surface area contributed by atoms with Gasteiger partial charge in [-0.25, -0.2) is 9.97 Å². The van der Waals surface area contributed by atoms with Crippen LogP contribution >= 0.6 is 0 Å². The largest absolute Gasteiger partial charge is 0.228 e. The van der Waals surface area contributed by atoms with Crippen molar-refractivity contribution in [2.75, 3.05) is 0 Å². The number of rotatable bonds is 5. The summed E-state index contributed by atoms with van der Waals surface area (Å²) >= 11 is 0. The van der Waals surface area contributed by atoms with Gasteiger partial charge in [-0.15, -0.1) is 0 Å². The summed E-state index contributed by atoms with van der Waals surface area (Å²) in [6.07, 6.45) is 0. The third-order valence-electron chi connectivity index (χ3n) is 11.5. The maximum Gasteiger partial charge on any atom is 0.160 e. The maximum absolute atomic E-state index is 5.10. The SMILES string of the molecule is CC.c1ccc(-c2cc(-c3ccccc3)nc(-c3cccc(-c4cccc(-c5ccc6c(c5)-c5ccccc5C65c6ccccc6-c6ccccc65)c4)c3)n2)cc1. The van der Waals surface area contributed by atoms with Gasteiger partial charge in [-0.3, -0.25) is 0 Å². The van der Waals surface area contributed by atoms with E-state index in [-0.39, 0.29) is 5.41 Å². The molecule has 8 aromatic carbocycles. The highest BCUT2D eigenvalue weighted by Crippen LogP contribution is 2.62. The lowest BCUT2D eigenvalue weighted by molar-refractivity contribution is 0.794. The van der Waals surface area contributed by atoms with Gasteiger partial charge in [0.05, 0.1) is 16.8 Å². The van der Waals surface area contributed by atoms with E-state index in [4.69, 9.17) is 9.97 Å². The van der Waals surface area contributed by atoms with Gasteiger partial charge in [-0.05, 0) is 91.0 Å². The Labute approximate surface area is 334 Å². The van der Waals surface area contributed by atoms with Crippen LogP contribution in [-0.4, -0.2) is 9.97 Å². The molecule has 2 aliphatic carbocycles.